The van der Waals surface area contributed by atoms with E-state index in [-0.39, 0.29) is 0 Å². The molecule has 0 spiro atoms. The fourth-order valence-corrected chi connectivity index (χ4v) is 3.44. The van der Waals surface area contributed by atoms with Gasteiger partial charge in [-0.05, 0) is 60.5 Å². The second kappa shape index (κ2) is 4.47. The molecule has 110 valence electrons. The lowest BCUT2D eigenvalue weighted by molar-refractivity contribution is 0.408. The molecule has 0 amide bonds. The minimum absolute atomic E-state index is 0.859. The van der Waals surface area contributed by atoms with Gasteiger partial charge < -0.3 is 9.47 Å². The Morgan fingerprint density at radius 3 is 2.50 bits per heavy atom. The number of methoxy groups -OCH3 is 2. The van der Waals surface area contributed by atoms with Gasteiger partial charge in [-0.2, -0.15) is 0 Å². The maximum atomic E-state index is 5.54. The largest absolute Gasteiger partial charge is 0.497 e. The highest BCUT2D eigenvalue weighted by Gasteiger charge is 2.20. The molecule has 3 nitrogen and oxygen atoms in total. The molecular weight excluding hydrogens is 274 g/mol. The van der Waals surface area contributed by atoms with Gasteiger partial charge in [0.25, 0.3) is 0 Å². The minimum Gasteiger partial charge on any atom is -0.497 e. The van der Waals surface area contributed by atoms with Crippen LogP contribution in [0.4, 0.5) is 0 Å². The maximum Gasteiger partial charge on any atom is 0.125 e. The first-order chi connectivity index (χ1) is 10.6. The van der Waals surface area contributed by atoms with E-state index in [9.17, 15) is 0 Å². The van der Waals surface area contributed by atoms with E-state index >= 15 is 0 Å². The third-order valence-electron chi connectivity index (χ3n) is 4.48. The summed E-state index contributed by atoms with van der Waals surface area (Å²) in [4.78, 5) is 4.82. The number of hydrogen-bond acceptors (Lipinski definition) is 3. The Hall–Kier alpha value is -2.55. The fourth-order valence-electron chi connectivity index (χ4n) is 3.44. The predicted molar refractivity (Wildman–Crippen MR) is 86.8 cm³/mol. The van der Waals surface area contributed by atoms with Gasteiger partial charge in [0.15, 0.2) is 0 Å². The van der Waals surface area contributed by atoms with Crippen molar-refractivity contribution in [2.75, 3.05) is 14.2 Å². The molecule has 0 saturated carbocycles. The molecule has 4 rings (SSSR count). The van der Waals surface area contributed by atoms with E-state index in [1.54, 1.807) is 14.2 Å². The maximum absolute atomic E-state index is 5.54. The number of nitrogens with zero attached hydrogens (tertiary/aromatic N) is 1. The minimum atomic E-state index is 0.859. The van der Waals surface area contributed by atoms with E-state index in [1.807, 2.05) is 12.1 Å². The summed E-state index contributed by atoms with van der Waals surface area (Å²) in [6.45, 7) is 4.19. The summed E-state index contributed by atoms with van der Waals surface area (Å²) in [6, 6.07) is 8.20. The third-order valence-corrected chi connectivity index (χ3v) is 4.48. The first-order valence-corrected chi connectivity index (χ1v) is 7.31. The van der Waals surface area contributed by atoms with E-state index in [0.717, 1.165) is 33.3 Å². The number of ether oxygens (including phenoxy) is 2. The fraction of sp³-hybridized carbons (Fsp3) is 0.211. The molecule has 0 aromatic heterocycles. The molecule has 2 aromatic carbocycles. The lowest BCUT2D eigenvalue weighted by Gasteiger charge is -2.08. The summed E-state index contributed by atoms with van der Waals surface area (Å²) in [7, 11) is 3.41. The van der Waals surface area contributed by atoms with Crippen LogP contribution in [0.2, 0.25) is 0 Å². The van der Waals surface area contributed by atoms with E-state index in [4.69, 9.17) is 14.5 Å². The van der Waals surface area contributed by atoms with E-state index in [0.29, 0.717) is 0 Å². The molecule has 22 heavy (non-hydrogen) atoms. The molecule has 0 radical (unpaired) electrons. The summed E-state index contributed by atoms with van der Waals surface area (Å²) in [5, 5.41) is 4.56. The lowest BCUT2D eigenvalue weighted by Crippen LogP contribution is -2.28. The van der Waals surface area contributed by atoms with Gasteiger partial charge in [0.1, 0.15) is 11.5 Å². The van der Waals surface area contributed by atoms with Gasteiger partial charge in [0.2, 0.25) is 0 Å². The summed E-state index contributed by atoms with van der Waals surface area (Å²) in [5.74, 6) is 1.82. The third kappa shape index (κ3) is 1.59. The molecule has 1 aliphatic heterocycles. The Kier molecular flexibility index (Phi) is 2.67. The number of aryl methyl sites for hydroxylation is 1. The average molecular weight is 291 g/mol. The Morgan fingerprint density at radius 1 is 0.955 bits per heavy atom. The Labute approximate surface area is 128 Å². The number of rotatable bonds is 2. The second-order valence-corrected chi connectivity index (χ2v) is 5.71. The second-order valence-electron chi connectivity index (χ2n) is 5.71. The van der Waals surface area contributed by atoms with Crippen molar-refractivity contribution in [3.8, 4) is 11.5 Å². The molecule has 3 heteroatoms. The normalized spacial score (nSPS) is 14.0. The zero-order valence-corrected chi connectivity index (χ0v) is 13.2. The van der Waals surface area contributed by atoms with Crippen LogP contribution in [0, 0.1) is 13.8 Å². The summed E-state index contributed by atoms with van der Waals surface area (Å²) in [5.41, 5.74) is 4.56. The van der Waals surface area contributed by atoms with Crippen molar-refractivity contribution in [3.63, 3.8) is 0 Å². The lowest BCUT2D eigenvalue weighted by atomic mass is 10.1. The molecule has 0 unspecified atom stereocenters. The first-order valence-electron chi connectivity index (χ1n) is 7.31. The standard InChI is InChI=1S/C19H17NO2/c1-10-7-15-13(11(2)19(10)22-4)9-16-14-8-12(21-3)5-6-17(14)20-18(15)16/h5-9H,1-4H3. The summed E-state index contributed by atoms with van der Waals surface area (Å²) < 4.78 is 10.9. The Balaban J connectivity index is 2.15. The van der Waals surface area contributed by atoms with Gasteiger partial charge in [-0.25, -0.2) is 4.99 Å². The molecule has 0 bridgehead atoms. The number of fused-ring (bicyclic) bond motifs is 3. The van der Waals surface area contributed by atoms with Gasteiger partial charge in [0, 0.05) is 16.0 Å². The topological polar surface area (TPSA) is 30.8 Å². The smallest absolute Gasteiger partial charge is 0.125 e. The van der Waals surface area contributed by atoms with Crippen LogP contribution >= 0.6 is 0 Å². The van der Waals surface area contributed by atoms with E-state index in [1.165, 1.54) is 21.6 Å². The van der Waals surface area contributed by atoms with Crippen molar-refractivity contribution in [1.29, 1.82) is 0 Å². The number of benzene rings is 2. The van der Waals surface area contributed by atoms with Crippen molar-refractivity contribution >= 4 is 17.3 Å². The van der Waals surface area contributed by atoms with Crippen molar-refractivity contribution in [2.45, 2.75) is 13.8 Å². The Bertz CT molecular complexity index is 1060. The van der Waals surface area contributed by atoms with Crippen LogP contribution in [-0.2, 0) is 0 Å². The summed E-state index contributed by atoms with van der Waals surface area (Å²) in [6.07, 6.45) is 2.22. The first kappa shape index (κ1) is 13.1. The van der Waals surface area contributed by atoms with Crippen LogP contribution in [0.5, 0.6) is 11.5 Å². The molecule has 1 aliphatic carbocycles. The van der Waals surface area contributed by atoms with Gasteiger partial charge in [0.05, 0.1) is 25.3 Å². The Morgan fingerprint density at radius 2 is 1.77 bits per heavy atom. The van der Waals surface area contributed by atoms with Crippen LogP contribution in [-0.4, -0.2) is 14.2 Å². The monoisotopic (exact) mass is 291 g/mol. The van der Waals surface area contributed by atoms with Gasteiger partial charge >= 0.3 is 0 Å². The zero-order chi connectivity index (χ0) is 15.4. The van der Waals surface area contributed by atoms with Gasteiger partial charge in [-0.15, -0.1) is 0 Å². The van der Waals surface area contributed by atoms with Crippen LogP contribution in [0.15, 0.2) is 29.3 Å². The quantitative estimate of drug-likeness (QED) is 0.816. The van der Waals surface area contributed by atoms with Crippen LogP contribution in [0.1, 0.15) is 11.1 Å². The molecular formula is C19H17NO2. The summed E-state index contributed by atoms with van der Waals surface area (Å²) >= 11 is 0. The average Bonchev–Trinajstić information content (AvgIpc) is 3.04. The SMILES string of the molecule is COc1ccc2c(c1)=C1C=c3c(C)c(OC)c(C)cc3=C1N=2. The number of hydrogen-bond donors (Lipinski definition) is 0. The molecule has 1 heterocycles. The van der Waals surface area contributed by atoms with Crippen molar-refractivity contribution < 1.29 is 9.47 Å². The van der Waals surface area contributed by atoms with Crippen LogP contribution in [0.25, 0.3) is 17.3 Å². The van der Waals surface area contributed by atoms with Crippen LogP contribution in [0.3, 0.4) is 0 Å². The highest BCUT2D eigenvalue weighted by Crippen LogP contribution is 2.24. The predicted octanol–water partition coefficient (Wildman–Crippen LogP) is 0.707. The van der Waals surface area contributed by atoms with Gasteiger partial charge in [-0.3, -0.25) is 0 Å². The molecule has 0 saturated heterocycles. The van der Waals surface area contributed by atoms with Crippen molar-refractivity contribution in [2.24, 2.45) is 4.99 Å². The molecule has 2 aromatic rings. The molecule has 0 atom stereocenters. The molecule has 0 fully saturated rings. The van der Waals surface area contributed by atoms with Crippen LogP contribution < -0.4 is 30.5 Å². The molecule has 2 aliphatic rings. The zero-order valence-electron chi connectivity index (χ0n) is 13.2. The van der Waals surface area contributed by atoms with E-state index < -0.39 is 0 Å². The highest BCUT2D eigenvalue weighted by molar-refractivity contribution is 6.07. The molecule has 0 N–H and O–H groups in total. The van der Waals surface area contributed by atoms with E-state index in [2.05, 4.69) is 32.1 Å². The van der Waals surface area contributed by atoms with Crippen molar-refractivity contribution in [1.82, 2.24) is 0 Å². The highest BCUT2D eigenvalue weighted by atomic mass is 16.5. The van der Waals surface area contributed by atoms with Gasteiger partial charge in [-0.1, -0.05) is 0 Å². The van der Waals surface area contributed by atoms with Crippen molar-refractivity contribution in [3.05, 3.63) is 56.4 Å².